The fourth-order valence-electron chi connectivity index (χ4n) is 4.79. The van der Waals surface area contributed by atoms with Gasteiger partial charge in [-0.15, -0.1) is 0 Å². The van der Waals surface area contributed by atoms with E-state index in [4.69, 9.17) is 4.74 Å². The largest absolute Gasteiger partial charge is 0.381 e. The van der Waals surface area contributed by atoms with Crippen LogP contribution in [0, 0.1) is 17.3 Å². The first-order valence-corrected chi connectivity index (χ1v) is 10.8. The van der Waals surface area contributed by atoms with E-state index in [2.05, 4.69) is 13.8 Å². The molecular formula is C22H42O. The number of unbranched alkanes of at least 4 members (excludes halogenated alkanes) is 2. The van der Waals surface area contributed by atoms with E-state index in [0.717, 1.165) is 25.0 Å². The third-order valence-corrected chi connectivity index (χ3v) is 6.39. The van der Waals surface area contributed by atoms with Gasteiger partial charge in [-0.05, 0) is 49.4 Å². The SMILES string of the molecule is CC(C)CCCCCC1(COCC2CCCCC2)CCCCC1. The van der Waals surface area contributed by atoms with Gasteiger partial charge in [-0.25, -0.2) is 0 Å². The maximum absolute atomic E-state index is 6.31. The molecule has 23 heavy (non-hydrogen) atoms. The minimum absolute atomic E-state index is 0.546. The van der Waals surface area contributed by atoms with Crippen molar-refractivity contribution in [2.24, 2.45) is 17.3 Å². The van der Waals surface area contributed by atoms with Crippen LogP contribution in [0.3, 0.4) is 0 Å². The topological polar surface area (TPSA) is 9.23 Å². The third kappa shape index (κ3) is 7.59. The molecule has 0 atom stereocenters. The molecule has 2 rings (SSSR count). The lowest BCUT2D eigenvalue weighted by Gasteiger charge is -2.38. The van der Waals surface area contributed by atoms with Gasteiger partial charge in [-0.1, -0.05) is 78.1 Å². The molecule has 0 N–H and O–H groups in total. The summed E-state index contributed by atoms with van der Waals surface area (Å²) in [5, 5.41) is 0. The van der Waals surface area contributed by atoms with Gasteiger partial charge < -0.3 is 4.74 Å². The summed E-state index contributed by atoms with van der Waals surface area (Å²) in [7, 11) is 0. The molecule has 0 bridgehead atoms. The molecule has 0 aromatic carbocycles. The van der Waals surface area contributed by atoms with E-state index in [1.165, 1.54) is 96.3 Å². The Kier molecular flexibility index (Phi) is 9.01. The lowest BCUT2D eigenvalue weighted by Crippen LogP contribution is -2.31. The zero-order valence-corrected chi connectivity index (χ0v) is 16.1. The van der Waals surface area contributed by atoms with E-state index in [0.29, 0.717) is 5.41 Å². The Bertz CT molecular complexity index is 284. The molecule has 2 fully saturated rings. The highest BCUT2D eigenvalue weighted by atomic mass is 16.5. The van der Waals surface area contributed by atoms with Crippen molar-refractivity contribution in [3.8, 4) is 0 Å². The fraction of sp³-hybridized carbons (Fsp3) is 1.00. The van der Waals surface area contributed by atoms with Gasteiger partial charge in [-0.2, -0.15) is 0 Å². The van der Waals surface area contributed by atoms with E-state index in [1.54, 1.807) is 0 Å². The number of hydrogen-bond acceptors (Lipinski definition) is 1. The van der Waals surface area contributed by atoms with Crippen LogP contribution in [-0.2, 0) is 4.74 Å². The molecule has 0 spiro atoms. The zero-order chi connectivity index (χ0) is 16.4. The summed E-state index contributed by atoms with van der Waals surface area (Å²) in [6.07, 6.45) is 21.5. The van der Waals surface area contributed by atoms with Crippen LogP contribution in [0.5, 0.6) is 0 Å². The van der Waals surface area contributed by atoms with E-state index < -0.39 is 0 Å². The molecule has 1 nitrogen and oxygen atoms in total. The maximum atomic E-state index is 6.31. The standard InChI is InChI=1S/C22H42O/c1-20(2)12-6-4-9-15-22(16-10-5-11-17-22)19-23-18-21-13-7-3-8-14-21/h20-21H,3-19H2,1-2H3. The Morgan fingerprint density at radius 2 is 1.57 bits per heavy atom. The van der Waals surface area contributed by atoms with Crippen LogP contribution < -0.4 is 0 Å². The summed E-state index contributed by atoms with van der Waals surface area (Å²) in [4.78, 5) is 0. The predicted molar refractivity (Wildman–Crippen MR) is 101 cm³/mol. The lowest BCUT2D eigenvalue weighted by atomic mass is 9.71. The van der Waals surface area contributed by atoms with Crippen LogP contribution in [0.4, 0.5) is 0 Å². The van der Waals surface area contributed by atoms with Crippen LogP contribution in [0.25, 0.3) is 0 Å². The minimum Gasteiger partial charge on any atom is -0.381 e. The molecule has 136 valence electrons. The monoisotopic (exact) mass is 322 g/mol. The number of rotatable bonds is 10. The Labute approximate surface area is 146 Å². The third-order valence-electron chi connectivity index (χ3n) is 6.39. The smallest absolute Gasteiger partial charge is 0.0522 e. The molecule has 2 aliphatic rings. The molecule has 1 heteroatoms. The lowest BCUT2D eigenvalue weighted by molar-refractivity contribution is -0.00628. The van der Waals surface area contributed by atoms with Gasteiger partial charge in [0.15, 0.2) is 0 Å². The predicted octanol–water partition coefficient (Wildman–Crippen LogP) is 7.14. The average molecular weight is 323 g/mol. The first kappa shape index (κ1) is 19.3. The maximum Gasteiger partial charge on any atom is 0.0522 e. The summed E-state index contributed by atoms with van der Waals surface area (Å²) >= 11 is 0. The molecule has 0 aromatic rings. The van der Waals surface area contributed by atoms with Crippen LogP contribution in [0.15, 0.2) is 0 Å². The first-order chi connectivity index (χ1) is 11.2. The van der Waals surface area contributed by atoms with Gasteiger partial charge in [0, 0.05) is 6.61 Å². The molecule has 0 unspecified atom stereocenters. The van der Waals surface area contributed by atoms with E-state index in [1.807, 2.05) is 0 Å². The van der Waals surface area contributed by atoms with Crippen LogP contribution in [-0.4, -0.2) is 13.2 Å². The molecule has 2 saturated carbocycles. The Morgan fingerprint density at radius 3 is 2.26 bits per heavy atom. The van der Waals surface area contributed by atoms with Crippen molar-refractivity contribution in [2.45, 2.75) is 110 Å². The average Bonchev–Trinajstić information content (AvgIpc) is 2.56. The zero-order valence-electron chi connectivity index (χ0n) is 16.1. The number of hydrogen-bond donors (Lipinski definition) is 0. The van der Waals surface area contributed by atoms with Gasteiger partial charge >= 0.3 is 0 Å². The summed E-state index contributed by atoms with van der Waals surface area (Å²) in [6.45, 7) is 6.81. The van der Waals surface area contributed by atoms with Crippen molar-refractivity contribution in [1.82, 2.24) is 0 Å². The summed E-state index contributed by atoms with van der Waals surface area (Å²) in [6, 6.07) is 0. The summed E-state index contributed by atoms with van der Waals surface area (Å²) in [5.74, 6) is 1.74. The second-order valence-electron chi connectivity index (χ2n) is 9.07. The van der Waals surface area contributed by atoms with E-state index in [9.17, 15) is 0 Å². The van der Waals surface area contributed by atoms with Gasteiger partial charge in [0.25, 0.3) is 0 Å². The molecule has 0 amide bonds. The van der Waals surface area contributed by atoms with Gasteiger partial charge in [0.1, 0.15) is 0 Å². The molecular weight excluding hydrogens is 280 g/mol. The van der Waals surface area contributed by atoms with Crippen molar-refractivity contribution in [2.75, 3.05) is 13.2 Å². The quantitative estimate of drug-likeness (QED) is 0.388. The highest BCUT2D eigenvalue weighted by molar-refractivity contribution is 4.83. The number of ether oxygens (including phenoxy) is 1. The second-order valence-corrected chi connectivity index (χ2v) is 9.07. The van der Waals surface area contributed by atoms with Crippen molar-refractivity contribution in [1.29, 1.82) is 0 Å². The molecule has 0 saturated heterocycles. The molecule has 2 aliphatic carbocycles. The molecule has 0 heterocycles. The molecule has 0 radical (unpaired) electrons. The van der Waals surface area contributed by atoms with Crippen LogP contribution >= 0.6 is 0 Å². The fourth-order valence-corrected chi connectivity index (χ4v) is 4.79. The highest BCUT2D eigenvalue weighted by Gasteiger charge is 2.32. The van der Waals surface area contributed by atoms with Gasteiger partial charge in [0.2, 0.25) is 0 Å². The second kappa shape index (κ2) is 10.7. The van der Waals surface area contributed by atoms with Crippen molar-refractivity contribution >= 4 is 0 Å². The van der Waals surface area contributed by atoms with Crippen LogP contribution in [0.1, 0.15) is 110 Å². The van der Waals surface area contributed by atoms with E-state index in [-0.39, 0.29) is 0 Å². The van der Waals surface area contributed by atoms with Crippen molar-refractivity contribution < 1.29 is 4.74 Å². The summed E-state index contributed by atoms with van der Waals surface area (Å²) < 4.78 is 6.31. The van der Waals surface area contributed by atoms with Crippen LogP contribution in [0.2, 0.25) is 0 Å². The van der Waals surface area contributed by atoms with Gasteiger partial charge in [-0.3, -0.25) is 0 Å². The van der Waals surface area contributed by atoms with Gasteiger partial charge in [0.05, 0.1) is 6.61 Å². The first-order valence-electron chi connectivity index (χ1n) is 10.8. The molecule has 0 aliphatic heterocycles. The summed E-state index contributed by atoms with van der Waals surface area (Å²) in [5.41, 5.74) is 0.546. The molecule has 0 aromatic heterocycles. The van der Waals surface area contributed by atoms with Crippen molar-refractivity contribution in [3.63, 3.8) is 0 Å². The normalized spacial score (nSPS) is 22.6. The Morgan fingerprint density at radius 1 is 0.870 bits per heavy atom. The Balaban J connectivity index is 1.67. The van der Waals surface area contributed by atoms with Crippen molar-refractivity contribution in [3.05, 3.63) is 0 Å². The Hall–Kier alpha value is -0.0400. The minimum atomic E-state index is 0.546. The van der Waals surface area contributed by atoms with E-state index >= 15 is 0 Å². The highest BCUT2D eigenvalue weighted by Crippen LogP contribution is 2.41.